The number of likely N-dealkylation sites (tertiary alicyclic amines) is 1. The van der Waals surface area contributed by atoms with Gasteiger partial charge in [-0.3, -0.25) is 9.78 Å². The van der Waals surface area contributed by atoms with Gasteiger partial charge >= 0.3 is 0 Å². The zero-order chi connectivity index (χ0) is 21.4. The predicted octanol–water partition coefficient (Wildman–Crippen LogP) is 3.62. The van der Waals surface area contributed by atoms with E-state index in [0.717, 1.165) is 16.6 Å². The number of fused-ring (bicyclic) bond motifs is 1. The molecule has 5 rings (SSSR count). The van der Waals surface area contributed by atoms with Gasteiger partial charge in [-0.2, -0.15) is 0 Å². The molecule has 0 aliphatic carbocycles. The van der Waals surface area contributed by atoms with Gasteiger partial charge in [-0.15, -0.1) is 10.2 Å². The highest BCUT2D eigenvalue weighted by Crippen LogP contribution is 2.40. The lowest BCUT2D eigenvalue weighted by atomic mass is 9.87. The summed E-state index contributed by atoms with van der Waals surface area (Å²) in [5.41, 5.74) is 4.06. The van der Waals surface area contributed by atoms with Crippen LogP contribution in [0.2, 0.25) is 0 Å². The molecule has 7 heteroatoms. The number of nitrogens with zero attached hydrogens (tertiary/aromatic N) is 4. The molecular formula is C24H21N5O2. The lowest BCUT2D eigenvalue weighted by molar-refractivity contribution is -0.125. The van der Waals surface area contributed by atoms with Crippen LogP contribution in [-0.2, 0) is 4.79 Å². The van der Waals surface area contributed by atoms with Crippen molar-refractivity contribution < 1.29 is 9.90 Å². The second kappa shape index (κ2) is 7.68. The molecule has 1 amide bonds. The first kappa shape index (κ1) is 19.0. The van der Waals surface area contributed by atoms with Crippen LogP contribution in [0.4, 0.5) is 0 Å². The predicted molar refractivity (Wildman–Crippen MR) is 117 cm³/mol. The fraction of sp³-hybridized carbons (Fsp3) is 0.167. The highest BCUT2D eigenvalue weighted by molar-refractivity contribution is 5.87. The number of nitrogens with one attached hydrogen (secondary N) is 1. The fourth-order valence-corrected chi connectivity index (χ4v) is 4.35. The van der Waals surface area contributed by atoms with Crippen molar-refractivity contribution in [2.24, 2.45) is 0 Å². The summed E-state index contributed by atoms with van der Waals surface area (Å²) >= 11 is 0. The third-order valence-corrected chi connectivity index (χ3v) is 5.92. The largest absolute Gasteiger partial charge is 0.507 e. The number of pyridine rings is 1. The fourth-order valence-electron chi connectivity index (χ4n) is 4.35. The summed E-state index contributed by atoms with van der Waals surface area (Å²) < 4.78 is 0. The van der Waals surface area contributed by atoms with Gasteiger partial charge in [0.25, 0.3) is 0 Å². The molecule has 1 aromatic carbocycles. The summed E-state index contributed by atoms with van der Waals surface area (Å²) in [7, 11) is 0. The molecule has 2 atom stereocenters. The topological polar surface area (TPSA) is 95.0 Å². The number of aromatic amines is 1. The molecule has 4 heterocycles. The number of carbonyl (C=O) groups excluding carboxylic acids is 1. The van der Waals surface area contributed by atoms with Crippen LogP contribution in [0.5, 0.6) is 5.75 Å². The van der Waals surface area contributed by atoms with Crippen LogP contribution in [-0.4, -0.2) is 49.2 Å². The Morgan fingerprint density at radius 3 is 2.65 bits per heavy atom. The van der Waals surface area contributed by atoms with Crippen LogP contribution in [0, 0.1) is 0 Å². The normalized spacial score (nSPS) is 18.4. The first-order valence-electron chi connectivity index (χ1n) is 10.1. The Hall–Kier alpha value is -4.00. The zero-order valence-corrected chi connectivity index (χ0v) is 16.8. The minimum Gasteiger partial charge on any atom is -0.507 e. The summed E-state index contributed by atoms with van der Waals surface area (Å²) in [6.45, 7) is 4.84. The molecule has 0 radical (unpaired) electrons. The van der Waals surface area contributed by atoms with Crippen molar-refractivity contribution >= 4 is 16.9 Å². The standard InChI is InChI=1S/C24H21N5O2/c1-2-23(31)29-13-18(15-7-9-25-10-8-15)19(14-29)20-11-16-12-21(27-28-24(16)26-20)17-5-3-4-6-22(17)30/h2-12,18-19,30H,1,13-14H2,(H,26,28)/t18-,19+/m1/s1. The molecule has 1 fully saturated rings. The van der Waals surface area contributed by atoms with E-state index in [2.05, 4.69) is 32.8 Å². The number of H-pyrrole nitrogens is 1. The van der Waals surface area contributed by atoms with Crippen molar-refractivity contribution in [3.63, 3.8) is 0 Å². The number of phenolic OH excluding ortho intramolecular Hbond substituents is 1. The lowest BCUT2D eigenvalue weighted by Crippen LogP contribution is -2.26. The molecule has 1 saturated heterocycles. The van der Waals surface area contributed by atoms with Gasteiger partial charge in [-0.05, 0) is 48.0 Å². The van der Waals surface area contributed by atoms with Crippen molar-refractivity contribution in [3.05, 3.63) is 84.8 Å². The van der Waals surface area contributed by atoms with Crippen molar-refractivity contribution in [2.45, 2.75) is 11.8 Å². The summed E-state index contributed by atoms with van der Waals surface area (Å²) in [4.78, 5) is 21.7. The van der Waals surface area contributed by atoms with Crippen molar-refractivity contribution in [2.75, 3.05) is 13.1 Å². The Kier molecular flexibility index (Phi) is 4.71. The highest BCUT2D eigenvalue weighted by atomic mass is 16.3. The Bertz CT molecular complexity index is 1270. The summed E-state index contributed by atoms with van der Waals surface area (Å²) in [5, 5.41) is 19.7. The van der Waals surface area contributed by atoms with E-state index in [0.29, 0.717) is 30.0 Å². The number of carbonyl (C=O) groups is 1. The molecular weight excluding hydrogens is 390 g/mol. The second-order valence-electron chi connectivity index (χ2n) is 7.72. The van der Waals surface area contributed by atoms with Gasteiger partial charge in [-0.25, -0.2) is 0 Å². The molecule has 2 N–H and O–H groups in total. The maximum Gasteiger partial charge on any atom is 0.245 e. The van der Waals surface area contributed by atoms with E-state index >= 15 is 0 Å². The van der Waals surface area contributed by atoms with E-state index in [4.69, 9.17) is 0 Å². The maximum absolute atomic E-state index is 12.3. The average Bonchev–Trinajstić information content (AvgIpc) is 3.43. The minimum absolute atomic E-state index is 0.0701. The molecule has 1 aliphatic heterocycles. The van der Waals surface area contributed by atoms with Gasteiger partial charge in [0.1, 0.15) is 5.75 Å². The summed E-state index contributed by atoms with van der Waals surface area (Å²) in [6.07, 6.45) is 4.92. The minimum atomic E-state index is -0.0701. The monoisotopic (exact) mass is 411 g/mol. The second-order valence-corrected chi connectivity index (χ2v) is 7.72. The van der Waals surface area contributed by atoms with Crippen LogP contribution >= 0.6 is 0 Å². The number of hydrogen-bond donors (Lipinski definition) is 2. The van der Waals surface area contributed by atoms with E-state index in [1.807, 2.05) is 35.2 Å². The van der Waals surface area contributed by atoms with Crippen molar-refractivity contribution in [1.29, 1.82) is 0 Å². The number of amides is 1. The van der Waals surface area contributed by atoms with Gasteiger partial charge in [0, 0.05) is 54.0 Å². The van der Waals surface area contributed by atoms with Gasteiger partial charge in [0.05, 0.1) is 5.69 Å². The average molecular weight is 411 g/mol. The SMILES string of the molecule is C=CC(=O)N1C[C@H](c2ccncc2)[C@@H](c2cc3cc(-c4ccccc4O)nnc3[nH]2)C1. The molecule has 0 spiro atoms. The van der Waals surface area contributed by atoms with Crippen LogP contribution in [0.25, 0.3) is 22.3 Å². The molecule has 1 aliphatic rings. The van der Waals surface area contributed by atoms with Crippen LogP contribution < -0.4 is 0 Å². The number of aromatic hydroxyl groups is 1. The van der Waals surface area contributed by atoms with E-state index in [-0.39, 0.29) is 23.5 Å². The quantitative estimate of drug-likeness (QED) is 0.500. The maximum atomic E-state index is 12.3. The number of benzene rings is 1. The van der Waals surface area contributed by atoms with E-state index < -0.39 is 0 Å². The molecule has 154 valence electrons. The number of aromatic nitrogens is 4. The van der Waals surface area contributed by atoms with Crippen molar-refractivity contribution in [1.82, 2.24) is 25.1 Å². The summed E-state index contributed by atoms with van der Waals surface area (Å²) in [5.74, 6) is 0.304. The lowest BCUT2D eigenvalue weighted by Gasteiger charge is -2.17. The molecule has 0 bridgehead atoms. The zero-order valence-electron chi connectivity index (χ0n) is 16.8. The first-order chi connectivity index (χ1) is 15.1. The van der Waals surface area contributed by atoms with E-state index in [1.54, 1.807) is 24.5 Å². The third kappa shape index (κ3) is 3.44. The molecule has 7 nitrogen and oxygen atoms in total. The molecule has 31 heavy (non-hydrogen) atoms. The molecule has 3 aromatic heterocycles. The van der Waals surface area contributed by atoms with E-state index in [1.165, 1.54) is 6.08 Å². The van der Waals surface area contributed by atoms with Gasteiger partial charge in [0.15, 0.2) is 5.65 Å². The van der Waals surface area contributed by atoms with Gasteiger partial charge in [-0.1, -0.05) is 18.7 Å². The van der Waals surface area contributed by atoms with E-state index in [9.17, 15) is 9.90 Å². The molecule has 0 saturated carbocycles. The smallest absolute Gasteiger partial charge is 0.245 e. The molecule has 4 aromatic rings. The van der Waals surface area contributed by atoms with Crippen LogP contribution in [0.1, 0.15) is 23.1 Å². The Labute approximate surface area is 179 Å². The summed E-state index contributed by atoms with van der Waals surface area (Å²) in [6, 6.07) is 15.0. The number of hydrogen-bond acceptors (Lipinski definition) is 5. The highest BCUT2D eigenvalue weighted by Gasteiger charge is 2.37. The number of rotatable bonds is 4. The number of phenols is 1. The Morgan fingerprint density at radius 2 is 1.87 bits per heavy atom. The molecule has 0 unspecified atom stereocenters. The van der Waals surface area contributed by atoms with Crippen LogP contribution in [0.3, 0.4) is 0 Å². The Balaban J connectivity index is 1.54. The van der Waals surface area contributed by atoms with Crippen LogP contribution in [0.15, 0.2) is 73.6 Å². The number of para-hydroxylation sites is 1. The first-order valence-corrected chi connectivity index (χ1v) is 10.1. The van der Waals surface area contributed by atoms with Gasteiger partial charge < -0.3 is 15.0 Å². The van der Waals surface area contributed by atoms with Gasteiger partial charge in [0.2, 0.25) is 5.91 Å². The third-order valence-electron chi connectivity index (χ3n) is 5.92. The van der Waals surface area contributed by atoms with Crippen molar-refractivity contribution in [3.8, 4) is 17.0 Å². The Morgan fingerprint density at radius 1 is 1.10 bits per heavy atom.